The summed E-state index contributed by atoms with van der Waals surface area (Å²) in [6, 6.07) is 7.15. The Morgan fingerprint density at radius 2 is 2.00 bits per heavy atom. The largest absolute Gasteiger partial charge is 0.409 e. The molecule has 0 fully saturated rings. The van der Waals surface area contributed by atoms with Gasteiger partial charge >= 0.3 is 0 Å². The van der Waals surface area contributed by atoms with Gasteiger partial charge in [0.25, 0.3) is 4.84 Å². The quantitative estimate of drug-likeness (QED) is 0.820. The molecule has 1 aromatic heterocycles. The number of carbonyl (C=O) groups is 1. The van der Waals surface area contributed by atoms with Crippen molar-refractivity contribution in [2.24, 2.45) is 0 Å². The van der Waals surface area contributed by atoms with E-state index in [1.165, 1.54) is 0 Å². The molecule has 1 N–H and O–H groups in total. The molecule has 2 rings (SSSR count). The zero-order valence-electron chi connectivity index (χ0n) is 14.2. The van der Waals surface area contributed by atoms with E-state index in [-0.39, 0.29) is 22.8 Å². The number of hydrogen-bond donors (Lipinski definition) is 1. The Morgan fingerprint density at radius 3 is 2.58 bits per heavy atom. The summed E-state index contributed by atoms with van der Waals surface area (Å²) in [7, 11) is 1.82. The first-order valence-electron chi connectivity index (χ1n) is 7.47. The van der Waals surface area contributed by atoms with Crippen LogP contribution in [0.4, 0.5) is 0 Å². The molecular formula is C16H21ClN4O2S. The molecule has 24 heavy (non-hydrogen) atoms. The molecule has 0 spiro atoms. The van der Waals surface area contributed by atoms with E-state index in [2.05, 4.69) is 10.4 Å². The molecule has 6 nitrogen and oxygen atoms in total. The molecule has 0 aliphatic heterocycles. The van der Waals surface area contributed by atoms with Gasteiger partial charge in [-0.2, -0.15) is 0 Å². The topological polar surface area (TPSA) is 63.3 Å². The predicted molar refractivity (Wildman–Crippen MR) is 96.3 cm³/mol. The van der Waals surface area contributed by atoms with Crippen molar-refractivity contribution in [1.82, 2.24) is 20.0 Å². The van der Waals surface area contributed by atoms with Gasteiger partial charge in [0.15, 0.2) is 0 Å². The molecule has 8 heteroatoms. The minimum Gasteiger partial charge on any atom is -0.409 e. The van der Waals surface area contributed by atoms with Crippen molar-refractivity contribution in [3.05, 3.63) is 34.1 Å². The average Bonchev–Trinajstić information content (AvgIpc) is 2.78. The molecule has 1 aromatic carbocycles. The van der Waals surface area contributed by atoms with E-state index < -0.39 is 0 Å². The zero-order valence-corrected chi connectivity index (χ0v) is 15.7. The van der Waals surface area contributed by atoms with E-state index in [9.17, 15) is 4.79 Å². The van der Waals surface area contributed by atoms with E-state index in [0.29, 0.717) is 17.6 Å². The summed E-state index contributed by atoms with van der Waals surface area (Å²) in [5, 5.41) is 7.92. The molecular weight excluding hydrogens is 348 g/mol. The van der Waals surface area contributed by atoms with Crippen LogP contribution in [-0.2, 0) is 11.5 Å². The Morgan fingerprint density at radius 1 is 1.38 bits per heavy atom. The maximum Gasteiger partial charge on any atom is 0.288 e. The highest BCUT2D eigenvalue weighted by atomic mass is 35.5. The lowest BCUT2D eigenvalue weighted by atomic mass is 10.1. The van der Waals surface area contributed by atoms with Gasteiger partial charge < -0.3 is 9.73 Å². The third-order valence-electron chi connectivity index (χ3n) is 3.00. The van der Waals surface area contributed by atoms with Crippen molar-refractivity contribution in [2.75, 3.05) is 13.6 Å². The number of nitrogens with zero attached hydrogens (tertiary/aromatic N) is 3. The van der Waals surface area contributed by atoms with Gasteiger partial charge in [0.2, 0.25) is 11.8 Å². The lowest BCUT2D eigenvalue weighted by Crippen LogP contribution is -2.45. The minimum absolute atomic E-state index is 0.0575. The first kappa shape index (κ1) is 18.6. The number of carbonyl (C=O) groups excluding carboxylic acids is 1. The highest BCUT2D eigenvalue weighted by molar-refractivity contribution is 7.71. The third kappa shape index (κ3) is 5.43. The highest BCUT2D eigenvalue weighted by Gasteiger charge is 2.16. The van der Waals surface area contributed by atoms with Crippen molar-refractivity contribution in [3.63, 3.8) is 0 Å². The summed E-state index contributed by atoms with van der Waals surface area (Å²) >= 11 is 11.1. The molecule has 0 radical (unpaired) electrons. The second-order valence-electron chi connectivity index (χ2n) is 6.63. The van der Waals surface area contributed by atoms with Gasteiger partial charge in [0.05, 0.1) is 13.2 Å². The third-order valence-corrected chi connectivity index (χ3v) is 3.55. The number of nitrogens with one attached hydrogen (secondary N) is 1. The standard InChI is InChI=1S/C16H21ClN4O2S/c1-16(2,3)18-13(22)9-20(4)10-21-15(24)23-14(19-21)11-5-7-12(17)8-6-11/h5-8H,9-10H2,1-4H3,(H,18,22). The summed E-state index contributed by atoms with van der Waals surface area (Å²) < 4.78 is 7.07. The van der Waals surface area contributed by atoms with Crippen molar-refractivity contribution in [3.8, 4) is 11.5 Å². The fourth-order valence-electron chi connectivity index (χ4n) is 2.09. The predicted octanol–water partition coefficient (Wildman–Crippen LogP) is 3.33. The maximum atomic E-state index is 12.0. The molecule has 2 aromatic rings. The Kier molecular flexibility index (Phi) is 5.79. The van der Waals surface area contributed by atoms with E-state index in [1.54, 1.807) is 16.8 Å². The van der Waals surface area contributed by atoms with Gasteiger partial charge in [0.1, 0.15) is 0 Å². The van der Waals surface area contributed by atoms with E-state index in [0.717, 1.165) is 5.56 Å². The zero-order chi connectivity index (χ0) is 17.9. The Bertz CT molecular complexity index is 762. The molecule has 0 aliphatic rings. The summed E-state index contributed by atoms with van der Waals surface area (Å²) in [4.78, 5) is 14.0. The van der Waals surface area contributed by atoms with Gasteiger partial charge in [-0.3, -0.25) is 9.69 Å². The van der Waals surface area contributed by atoms with Crippen molar-refractivity contribution in [1.29, 1.82) is 0 Å². The Hall–Kier alpha value is -1.70. The fraction of sp³-hybridized carbons (Fsp3) is 0.438. The van der Waals surface area contributed by atoms with E-state index in [4.69, 9.17) is 28.2 Å². The second-order valence-corrected chi connectivity index (χ2v) is 7.42. The van der Waals surface area contributed by atoms with Gasteiger partial charge in [-0.05, 0) is 64.3 Å². The van der Waals surface area contributed by atoms with Crippen molar-refractivity contribution in [2.45, 2.75) is 33.0 Å². The van der Waals surface area contributed by atoms with Crippen LogP contribution in [0, 0.1) is 4.84 Å². The van der Waals surface area contributed by atoms with Crippen LogP contribution in [0.3, 0.4) is 0 Å². The Labute approximate surface area is 151 Å². The lowest BCUT2D eigenvalue weighted by Gasteiger charge is -2.23. The molecule has 0 saturated carbocycles. The normalized spacial score (nSPS) is 11.8. The van der Waals surface area contributed by atoms with Gasteiger partial charge in [-0.25, -0.2) is 4.68 Å². The molecule has 130 valence electrons. The number of benzene rings is 1. The number of rotatable bonds is 5. The molecule has 1 amide bonds. The van der Waals surface area contributed by atoms with Crippen molar-refractivity contribution >= 4 is 29.7 Å². The maximum absolute atomic E-state index is 12.0. The average molecular weight is 369 g/mol. The number of halogens is 1. The van der Waals surface area contributed by atoms with Crippen LogP contribution in [0.5, 0.6) is 0 Å². The summed E-state index contributed by atoms with van der Waals surface area (Å²) in [6.45, 7) is 6.42. The van der Waals surface area contributed by atoms with Crippen LogP contribution in [0.15, 0.2) is 28.7 Å². The summed E-state index contributed by atoms with van der Waals surface area (Å²) in [6.07, 6.45) is 0. The second kappa shape index (κ2) is 7.46. The van der Waals surface area contributed by atoms with Crippen LogP contribution < -0.4 is 5.32 Å². The first-order valence-corrected chi connectivity index (χ1v) is 8.26. The lowest BCUT2D eigenvalue weighted by molar-refractivity contribution is -0.123. The smallest absolute Gasteiger partial charge is 0.288 e. The van der Waals surface area contributed by atoms with Crippen LogP contribution >= 0.6 is 23.8 Å². The molecule has 0 bridgehead atoms. The summed E-state index contributed by atoms with van der Waals surface area (Å²) in [5.41, 5.74) is 0.529. The molecule has 0 atom stereocenters. The number of amides is 1. The van der Waals surface area contributed by atoms with Crippen LogP contribution in [0.1, 0.15) is 20.8 Å². The van der Waals surface area contributed by atoms with Crippen LogP contribution in [0.2, 0.25) is 5.02 Å². The van der Waals surface area contributed by atoms with Gasteiger partial charge in [0, 0.05) is 16.1 Å². The van der Waals surface area contributed by atoms with Gasteiger partial charge in [-0.15, -0.1) is 5.10 Å². The molecule has 0 aliphatic carbocycles. The molecule has 0 unspecified atom stereocenters. The van der Waals surface area contributed by atoms with Crippen LogP contribution in [-0.4, -0.2) is 39.7 Å². The highest BCUT2D eigenvalue weighted by Crippen LogP contribution is 2.20. The van der Waals surface area contributed by atoms with E-state index in [1.807, 2.05) is 44.9 Å². The van der Waals surface area contributed by atoms with E-state index >= 15 is 0 Å². The van der Waals surface area contributed by atoms with Crippen molar-refractivity contribution < 1.29 is 9.21 Å². The number of hydrogen-bond acceptors (Lipinski definition) is 5. The number of likely N-dealkylation sites (N-methyl/N-ethyl adjacent to an activating group) is 1. The number of aromatic nitrogens is 2. The molecule has 0 saturated heterocycles. The Balaban J connectivity index is 2.04. The van der Waals surface area contributed by atoms with Crippen LogP contribution in [0.25, 0.3) is 11.5 Å². The fourth-order valence-corrected chi connectivity index (χ4v) is 2.39. The molecule has 1 heterocycles. The summed E-state index contributed by atoms with van der Waals surface area (Å²) in [5.74, 6) is 0.363. The monoisotopic (exact) mass is 368 g/mol. The van der Waals surface area contributed by atoms with Gasteiger partial charge in [-0.1, -0.05) is 11.6 Å². The SMILES string of the molecule is CN(CC(=O)NC(C)(C)C)Cn1nc(-c2ccc(Cl)cc2)oc1=S. The minimum atomic E-state index is -0.260. The first-order chi connectivity index (χ1) is 11.1.